The molecule has 0 saturated heterocycles. The topological polar surface area (TPSA) is 6.25 Å². The Kier molecular flexibility index (Phi) is 8.30. The van der Waals surface area contributed by atoms with Crippen molar-refractivity contribution in [3.05, 3.63) is 116 Å². The normalized spacial score (nSPS) is 24.8. The second-order valence-electron chi connectivity index (χ2n) is 12.7. The minimum atomic E-state index is -0.0575. The van der Waals surface area contributed by atoms with Gasteiger partial charge in [0.05, 0.1) is 5.41 Å². The lowest BCUT2D eigenvalue weighted by atomic mass is 9.76. The van der Waals surface area contributed by atoms with Crippen LogP contribution < -0.4 is 4.90 Å². The van der Waals surface area contributed by atoms with Crippen molar-refractivity contribution in [3.8, 4) is 0 Å². The molecule has 2 aliphatic carbocycles. The lowest BCUT2D eigenvalue weighted by molar-refractivity contribution is -0.401. The Balaban J connectivity index is 0.00000337. The van der Waals surface area contributed by atoms with E-state index >= 15 is 0 Å². The van der Waals surface area contributed by atoms with E-state index in [0.29, 0.717) is 5.92 Å². The lowest BCUT2D eigenvalue weighted by Gasteiger charge is -2.32. The molecule has 0 fully saturated rings. The minimum absolute atomic E-state index is 0. The van der Waals surface area contributed by atoms with Crippen LogP contribution in [0.2, 0.25) is 0 Å². The van der Waals surface area contributed by atoms with Gasteiger partial charge in [-0.3, -0.25) is 0 Å². The minimum Gasteiger partial charge on any atom is -0.347 e. The summed E-state index contributed by atoms with van der Waals surface area (Å²) in [5.74, 6) is 0.430. The molecule has 1 unspecified atom stereocenters. The molecule has 6 rings (SSSR count). The smallest absolute Gasteiger partial charge is 0.209 e. The van der Waals surface area contributed by atoms with Gasteiger partial charge in [0.25, 0.3) is 0 Å². The van der Waals surface area contributed by atoms with Crippen LogP contribution in [0.4, 0.5) is 11.4 Å². The first kappa shape index (κ1) is 30.4. The number of likely N-dealkylation sites (N-methyl/N-ethyl adjacent to an activating group) is 1. The summed E-state index contributed by atoms with van der Waals surface area (Å²) in [7, 11) is 4.32. The number of rotatable bonds is 3. The largest absolute Gasteiger partial charge is 0.347 e. The Hall–Kier alpha value is -2.08. The first-order valence-corrected chi connectivity index (χ1v) is 15.2. The second-order valence-corrected chi connectivity index (χ2v) is 13.5. The molecule has 2 nitrogen and oxygen atoms in total. The van der Waals surface area contributed by atoms with Gasteiger partial charge in [0.1, 0.15) is 7.05 Å². The molecule has 5 heteroatoms. The fraction of sp³-hybridized carbons (Fsp3) is 0.361. The van der Waals surface area contributed by atoms with Crippen molar-refractivity contribution in [2.75, 3.05) is 19.0 Å². The van der Waals surface area contributed by atoms with Gasteiger partial charge in [-0.2, -0.15) is 4.58 Å². The van der Waals surface area contributed by atoms with Crippen molar-refractivity contribution in [1.82, 2.24) is 0 Å². The van der Waals surface area contributed by atoms with Crippen LogP contribution in [0.25, 0.3) is 0 Å². The highest BCUT2D eigenvalue weighted by Gasteiger charge is 2.43. The van der Waals surface area contributed by atoms with Gasteiger partial charge >= 0.3 is 0 Å². The summed E-state index contributed by atoms with van der Waals surface area (Å²) in [6.07, 6.45) is 13.2. The molecule has 41 heavy (non-hydrogen) atoms. The molecule has 214 valence electrons. The average Bonchev–Trinajstić information content (AvgIpc) is 3.25. The number of allylic oxidation sites excluding steroid dienone is 10. The molecule has 0 radical (unpaired) electrons. The molecule has 1 atom stereocenters. The van der Waals surface area contributed by atoms with Crippen LogP contribution in [0.3, 0.4) is 0 Å². The van der Waals surface area contributed by atoms with E-state index in [4.69, 9.17) is 23.2 Å². The quantitative estimate of drug-likeness (QED) is 0.229. The van der Waals surface area contributed by atoms with Crippen molar-refractivity contribution in [2.45, 2.75) is 64.2 Å². The molecule has 2 heterocycles. The first-order valence-electron chi connectivity index (χ1n) is 14.5. The van der Waals surface area contributed by atoms with Crippen molar-refractivity contribution in [1.29, 1.82) is 0 Å². The monoisotopic (exact) mass is 697 g/mol. The summed E-state index contributed by atoms with van der Waals surface area (Å²) in [6, 6.07) is 17.4. The maximum Gasteiger partial charge on any atom is 0.209 e. The Labute approximate surface area is 272 Å². The number of nitrogens with zero attached hydrogens (tertiary/aromatic N) is 2. The summed E-state index contributed by atoms with van der Waals surface area (Å²) in [6.45, 7) is 9.20. The number of anilines is 1. The Morgan fingerprint density at radius 3 is 2.20 bits per heavy atom. The predicted octanol–water partition coefficient (Wildman–Crippen LogP) is 10.3. The van der Waals surface area contributed by atoms with E-state index in [-0.39, 0.29) is 34.8 Å². The zero-order chi connectivity index (χ0) is 28.4. The average molecular weight is 699 g/mol. The standard InChI is InChI=1S/C36H39Cl2N2.HI/c1-35(2)26-11-7-9-13-28(26)39(5)30(35)21-19-24-17-15-23-16-18-25(34(38)32(23)33(24)37)20-22-31-36(3,4)27-12-8-10-14-29(27)40(31)6;/h7-14,19-23H,15-18H2,1-6H3;1H/q+1;. The summed E-state index contributed by atoms with van der Waals surface area (Å²) in [5.41, 5.74) is 11.2. The van der Waals surface area contributed by atoms with Crippen LogP contribution in [0.5, 0.6) is 0 Å². The van der Waals surface area contributed by atoms with Gasteiger partial charge in [-0.05, 0) is 79.9 Å². The van der Waals surface area contributed by atoms with Gasteiger partial charge in [0, 0.05) is 51.6 Å². The number of fused-ring (bicyclic) bond motifs is 3. The van der Waals surface area contributed by atoms with Gasteiger partial charge in [-0.25, -0.2) is 0 Å². The molecule has 0 N–H and O–H groups in total. The third kappa shape index (κ3) is 4.90. The number of para-hydroxylation sites is 2. The maximum absolute atomic E-state index is 7.17. The second kappa shape index (κ2) is 11.2. The van der Waals surface area contributed by atoms with Gasteiger partial charge in [-0.15, -0.1) is 24.0 Å². The molecule has 0 aromatic heterocycles. The number of hydrogen-bond acceptors (Lipinski definition) is 1. The van der Waals surface area contributed by atoms with Crippen LogP contribution in [0.15, 0.2) is 105 Å². The summed E-state index contributed by atoms with van der Waals surface area (Å²) in [4.78, 5) is 2.31. The highest BCUT2D eigenvalue weighted by Crippen LogP contribution is 2.49. The van der Waals surface area contributed by atoms with Crippen LogP contribution >= 0.6 is 47.2 Å². The van der Waals surface area contributed by atoms with Crippen LogP contribution in [0, 0.1) is 5.92 Å². The van der Waals surface area contributed by atoms with Crippen molar-refractivity contribution >= 4 is 64.3 Å². The molecule has 0 spiro atoms. The van der Waals surface area contributed by atoms with E-state index < -0.39 is 0 Å². The Bertz CT molecular complexity index is 1600. The molecule has 0 amide bonds. The van der Waals surface area contributed by atoms with Gasteiger partial charge < -0.3 is 4.90 Å². The van der Waals surface area contributed by atoms with E-state index in [9.17, 15) is 0 Å². The molecule has 0 saturated carbocycles. The van der Waals surface area contributed by atoms with E-state index in [1.54, 1.807) is 0 Å². The summed E-state index contributed by atoms with van der Waals surface area (Å²) < 4.78 is 2.31. The van der Waals surface area contributed by atoms with E-state index in [0.717, 1.165) is 41.3 Å². The van der Waals surface area contributed by atoms with Crippen molar-refractivity contribution in [3.63, 3.8) is 0 Å². The predicted molar refractivity (Wildman–Crippen MR) is 187 cm³/mol. The highest BCUT2D eigenvalue weighted by molar-refractivity contribution is 14.0. The zero-order valence-electron chi connectivity index (χ0n) is 24.9. The van der Waals surface area contributed by atoms with Crippen LogP contribution in [-0.2, 0) is 10.8 Å². The van der Waals surface area contributed by atoms with E-state index in [2.05, 4.69) is 124 Å². The van der Waals surface area contributed by atoms with Gasteiger partial charge in [0.2, 0.25) is 5.69 Å². The van der Waals surface area contributed by atoms with Crippen molar-refractivity contribution in [2.24, 2.45) is 5.92 Å². The van der Waals surface area contributed by atoms with Crippen molar-refractivity contribution < 1.29 is 4.58 Å². The molecular weight excluding hydrogens is 658 g/mol. The van der Waals surface area contributed by atoms with E-state index in [1.807, 2.05) is 0 Å². The molecule has 2 aromatic rings. The van der Waals surface area contributed by atoms with Gasteiger partial charge in [-0.1, -0.05) is 85.6 Å². The Morgan fingerprint density at radius 1 is 0.829 bits per heavy atom. The third-order valence-electron chi connectivity index (χ3n) is 9.73. The number of benzene rings is 2. The van der Waals surface area contributed by atoms with E-state index in [1.165, 1.54) is 45.1 Å². The molecule has 2 aromatic carbocycles. The molecule has 2 aliphatic heterocycles. The number of hydrogen-bond donors (Lipinski definition) is 0. The number of halogens is 3. The fourth-order valence-corrected chi connectivity index (χ4v) is 8.25. The van der Waals surface area contributed by atoms with Crippen LogP contribution in [-0.4, -0.2) is 24.4 Å². The van der Waals surface area contributed by atoms with Crippen LogP contribution in [0.1, 0.15) is 64.5 Å². The maximum atomic E-state index is 7.17. The lowest BCUT2D eigenvalue weighted by Crippen LogP contribution is -2.26. The fourth-order valence-electron chi connectivity index (χ4n) is 7.39. The molecular formula is C36H40Cl2IN2+. The third-order valence-corrected chi connectivity index (χ3v) is 10.6. The molecule has 0 bridgehead atoms. The Morgan fingerprint density at radius 2 is 1.49 bits per heavy atom. The first-order chi connectivity index (χ1) is 19.0. The SMILES string of the molecule is CN1/C(=C/C=C2\CCC3CCC(/C=C/C4=[N+](C)c5ccccc5C4(C)C)=C(Cl)C3=C2Cl)C(C)(C)c2ccccc21.I. The summed E-state index contributed by atoms with van der Waals surface area (Å²) in [5, 5.41) is 1.69. The highest BCUT2D eigenvalue weighted by atomic mass is 127. The van der Waals surface area contributed by atoms with Gasteiger partial charge in [0.15, 0.2) is 5.71 Å². The zero-order valence-corrected chi connectivity index (χ0v) is 28.7. The summed E-state index contributed by atoms with van der Waals surface area (Å²) >= 11 is 14.3. The molecule has 4 aliphatic rings.